The number of benzene rings is 3. The molecule has 0 aromatic heterocycles. The van der Waals surface area contributed by atoms with Crippen LogP contribution in [-0.4, -0.2) is 53.2 Å². The molecule has 200 valence electrons. The first-order valence-corrected chi connectivity index (χ1v) is 13.8. The number of hydrogen-bond acceptors (Lipinski definition) is 3. The second-order valence-corrected chi connectivity index (χ2v) is 10.9. The maximum absolute atomic E-state index is 14.6. The highest BCUT2D eigenvalue weighted by molar-refractivity contribution is 5.85. The lowest BCUT2D eigenvalue weighted by Gasteiger charge is -2.45. The second kappa shape index (κ2) is 11.3. The predicted molar refractivity (Wildman–Crippen MR) is 146 cm³/mol. The monoisotopic (exact) mass is 518 g/mol. The SMILES string of the molecule is CC[C@H]1CN([C@@H](Cc2ccc3ccccc3c2)C(C)=O)CCN1C(=O)[C@@H]1CCC[C@H]1c1ccc(F)cc1F. The van der Waals surface area contributed by atoms with Crippen LogP contribution in [0.15, 0.2) is 60.7 Å². The van der Waals surface area contributed by atoms with E-state index < -0.39 is 11.6 Å². The number of Topliss-reactive ketones (excluding diaryl/α,β-unsaturated/α-hetero) is 1. The van der Waals surface area contributed by atoms with Crippen LogP contribution < -0.4 is 0 Å². The Morgan fingerprint density at radius 2 is 1.76 bits per heavy atom. The molecule has 3 aromatic carbocycles. The standard InChI is InChI=1S/C32H36F2N2O2/c1-3-26-20-35(31(21(2)37)18-22-11-12-23-7-4-5-8-24(23)17-22)15-16-36(26)32(38)29-10-6-9-27(29)28-14-13-25(33)19-30(28)34/h4-5,7-8,11-14,17,19,26-27,29,31H,3,6,9-10,15-16,18,20H2,1-2H3/t26-,27-,29+,31-/m0/s1. The minimum Gasteiger partial charge on any atom is -0.337 e. The van der Waals surface area contributed by atoms with Crippen LogP contribution in [0.4, 0.5) is 8.78 Å². The van der Waals surface area contributed by atoms with Gasteiger partial charge in [0.1, 0.15) is 17.4 Å². The summed E-state index contributed by atoms with van der Waals surface area (Å²) in [6, 6.07) is 18.0. The van der Waals surface area contributed by atoms with Crippen molar-refractivity contribution in [1.29, 1.82) is 0 Å². The molecule has 0 unspecified atom stereocenters. The number of fused-ring (bicyclic) bond motifs is 1. The van der Waals surface area contributed by atoms with Crippen molar-refractivity contribution in [2.45, 2.75) is 64.0 Å². The highest BCUT2D eigenvalue weighted by Crippen LogP contribution is 2.42. The fraction of sp³-hybridized carbons (Fsp3) is 0.438. The zero-order chi connectivity index (χ0) is 26.8. The van der Waals surface area contributed by atoms with E-state index in [0.29, 0.717) is 31.6 Å². The van der Waals surface area contributed by atoms with E-state index in [1.54, 1.807) is 6.92 Å². The quantitative estimate of drug-likeness (QED) is 0.378. The molecule has 6 heteroatoms. The molecule has 1 saturated heterocycles. The molecule has 2 fully saturated rings. The van der Waals surface area contributed by atoms with Gasteiger partial charge >= 0.3 is 0 Å². The number of carbonyl (C=O) groups excluding carboxylic acids is 2. The number of carbonyl (C=O) groups is 2. The van der Waals surface area contributed by atoms with Crippen molar-refractivity contribution in [2.75, 3.05) is 19.6 Å². The molecule has 1 aliphatic carbocycles. The summed E-state index contributed by atoms with van der Waals surface area (Å²) >= 11 is 0. The number of piperazine rings is 1. The van der Waals surface area contributed by atoms with E-state index >= 15 is 0 Å². The molecule has 4 nitrogen and oxygen atoms in total. The number of halogens is 2. The van der Waals surface area contributed by atoms with Gasteiger partial charge < -0.3 is 4.90 Å². The number of nitrogens with zero attached hydrogens (tertiary/aromatic N) is 2. The molecule has 5 rings (SSSR count). The molecule has 1 heterocycles. The lowest BCUT2D eigenvalue weighted by molar-refractivity contribution is -0.142. The van der Waals surface area contributed by atoms with E-state index in [4.69, 9.17) is 0 Å². The van der Waals surface area contributed by atoms with Crippen molar-refractivity contribution in [1.82, 2.24) is 9.80 Å². The van der Waals surface area contributed by atoms with Crippen LogP contribution in [0.1, 0.15) is 56.6 Å². The summed E-state index contributed by atoms with van der Waals surface area (Å²) in [4.78, 5) is 30.8. The summed E-state index contributed by atoms with van der Waals surface area (Å²) < 4.78 is 28.1. The Labute approximate surface area is 223 Å². The van der Waals surface area contributed by atoms with E-state index in [-0.39, 0.29) is 35.6 Å². The Balaban J connectivity index is 1.30. The minimum atomic E-state index is -0.599. The Bertz CT molecular complexity index is 1330. The van der Waals surface area contributed by atoms with Gasteiger partial charge in [-0.15, -0.1) is 0 Å². The Hall–Kier alpha value is -3.12. The summed E-state index contributed by atoms with van der Waals surface area (Å²) in [5.41, 5.74) is 1.58. The van der Waals surface area contributed by atoms with Crippen LogP contribution in [-0.2, 0) is 16.0 Å². The summed E-state index contributed by atoms with van der Waals surface area (Å²) in [5, 5.41) is 2.34. The fourth-order valence-electron chi connectivity index (χ4n) is 6.56. The first-order chi connectivity index (χ1) is 18.4. The van der Waals surface area contributed by atoms with Gasteiger partial charge in [-0.3, -0.25) is 14.5 Å². The largest absolute Gasteiger partial charge is 0.337 e. The molecule has 0 N–H and O–H groups in total. The molecule has 1 saturated carbocycles. The molecule has 2 aliphatic rings. The maximum Gasteiger partial charge on any atom is 0.226 e. The smallest absolute Gasteiger partial charge is 0.226 e. The third-order valence-corrected chi connectivity index (χ3v) is 8.62. The Morgan fingerprint density at radius 3 is 2.50 bits per heavy atom. The highest BCUT2D eigenvalue weighted by atomic mass is 19.1. The lowest BCUT2D eigenvalue weighted by atomic mass is 9.86. The predicted octanol–water partition coefficient (Wildman–Crippen LogP) is 6.12. The van der Waals surface area contributed by atoms with E-state index in [1.807, 2.05) is 17.0 Å². The van der Waals surface area contributed by atoms with Gasteiger partial charge in [-0.1, -0.05) is 61.9 Å². The van der Waals surface area contributed by atoms with Gasteiger partial charge in [0.05, 0.1) is 6.04 Å². The van der Waals surface area contributed by atoms with Crippen LogP contribution in [0, 0.1) is 17.6 Å². The average Bonchev–Trinajstić information content (AvgIpc) is 3.40. The first kappa shape index (κ1) is 26.5. The lowest BCUT2D eigenvalue weighted by Crippen LogP contribution is -2.59. The van der Waals surface area contributed by atoms with Crippen molar-refractivity contribution in [3.63, 3.8) is 0 Å². The van der Waals surface area contributed by atoms with Crippen molar-refractivity contribution in [3.8, 4) is 0 Å². The van der Waals surface area contributed by atoms with Gasteiger partial charge in [0.15, 0.2) is 0 Å². The Morgan fingerprint density at radius 1 is 0.974 bits per heavy atom. The van der Waals surface area contributed by atoms with Gasteiger partial charge in [0.25, 0.3) is 0 Å². The normalized spacial score (nSPS) is 23.1. The summed E-state index contributed by atoms with van der Waals surface area (Å²) in [6.07, 6.45) is 3.72. The molecule has 1 amide bonds. The van der Waals surface area contributed by atoms with E-state index in [1.165, 1.54) is 17.5 Å². The topological polar surface area (TPSA) is 40.6 Å². The maximum atomic E-state index is 14.6. The van der Waals surface area contributed by atoms with E-state index in [0.717, 1.165) is 42.7 Å². The fourth-order valence-corrected chi connectivity index (χ4v) is 6.56. The molecule has 0 spiro atoms. The number of hydrogen-bond donors (Lipinski definition) is 0. The molecular formula is C32H36F2N2O2. The minimum absolute atomic E-state index is 0.00554. The molecule has 0 radical (unpaired) electrons. The zero-order valence-electron chi connectivity index (χ0n) is 22.2. The van der Waals surface area contributed by atoms with Gasteiger partial charge in [0, 0.05) is 37.7 Å². The molecule has 1 aliphatic heterocycles. The zero-order valence-corrected chi connectivity index (χ0v) is 22.2. The van der Waals surface area contributed by atoms with Crippen molar-refractivity contribution in [2.24, 2.45) is 5.92 Å². The van der Waals surface area contributed by atoms with Gasteiger partial charge in [-0.2, -0.15) is 0 Å². The van der Waals surface area contributed by atoms with Gasteiger partial charge in [-0.05, 0) is 66.5 Å². The van der Waals surface area contributed by atoms with Crippen molar-refractivity contribution >= 4 is 22.5 Å². The number of ketones is 1. The Kier molecular flexibility index (Phi) is 7.89. The second-order valence-electron chi connectivity index (χ2n) is 10.9. The summed E-state index contributed by atoms with van der Waals surface area (Å²) in [5.74, 6) is -1.48. The van der Waals surface area contributed by atoms with Crippen LogP contribution >= 0.6 is 0 Å². The summed E-state index contributed by atoms with van der Waals surface area (Å²) in [7, 11) is 0. The van der Waals surface area contributed by atoms with E-state index in [2.05, 4.69) is 42.2 Å². The number of rotatable bonds is 7. The van der Waals surface area contributed by atoms with Crippen LogP contribution in [0.5, 0.6) is 0 Å². The molecule has 38 heavy (non-hydrogen) atoms. The van der Waals surface area contributed by atoms with Crippen LogP contribution in [0.2, 0.25) is 0 Å². The van der Waals surface area contributed by atoms with E-state index in [9.17, 15) is 18.4 Å². The first-order valence-electron chi connectivity index (χ1n) is 13.8. The van der Waals surface area contributed by atoms with Gasteiger partial charge in [0.2, 0.25) is 5.91 Å². The summed E-state index contributed by atoms with van der Waals surface area (Å²) in [6.45, 7) is 5.55. The highest BCUT2D eigenvalue weighted by Gasteiger charge is 2.41. The molecule has 4 atom stereocenters. The van der Waals surface area contributed by atoms with Gasteiger partial charge in [-0.25, -0.2) is 8.78 Å². The molecular weight excluding hydrogens is 482 g/mol. The molecule has 3 aromatic rings. The average molecular weight is 519 g/mol. The number of amides is 1. The third kappa shape index (κ3) is 5.37. The van der Waals surface area contributed by atoms with Crippen molar-refractivity contribution in [3.05, 3.63) is 83.4 Å². The van der Waals surface area contributed by atoms with Crippen LogP contribution in [0.25, 0.3) is 10.8 Å². The third-order valence-electron chi connectivity index (χ3n) is 8.62. The molecule has 0 bridgehead atoms. The van der Waals surface area contributed by atoms with Crippen molar-refractivity contribution < 1.29 is 18.4 Å². The van der Waals surface area contributed by atoms with Crippen LogP contribution in [0.3, 0.4) is 0 Å².